The minimum absolute atomic E-state index is 0.0736. The lowest BCUT2D eigenvalue weighted by molar-refractivity contribution is -0.160. The minimum Gasteiger partial charge on any atom is -0.493 e. The van der Waals surface area contributed by atoms with E-state index in [2.05, 4.69) is 121 Å². The van der Waals surface area contributed by atoms with Crippen LogP contribution in [-0.4, -0.2) is 50.0 Å². The SMILES string of the molecule is c1ccc(COC[C@H]2S[C@@H](c3cc4c(c(Cc5ccc6c(c5)OCCO6)c3)OCC4)[C@H](OCc3ccccc3)[C@@H](OCc3ccccc3)[C@@H]2OCc2ccccc2)cc1. The van der Waals surface area contributed by atoms with Crippen LogP contribution in [0.1, 0.15) is 49.8 Å². The Balaban J connectivity index is 1.10. The van der Waals surface area contributed by atoms with Crippen molar-refractivity contribution in [1.29, 1.82) is 0 Å². The number of benzene rings is 6. The number of fused-ring (bicyclic) bond motifs is 2. The molecule has 3 aliphatic heterocycles. The standard InChI is InChI=1S/C51H50O7S/c1-5-13-36(14-6-1)31-52-35-46-48(56-32-37-15-7-2-8-16-37)49(57-33-38-17-9-3-10-18-38)50(58-34-39-19-11-4-12-20-39)51(59-46)43-29-41-23-24-55-47(41)42(30-43)27-40-21-22-44-45(28-40)54-26-25-53-44/h1-22,28-30,46,48-51H,23-27,31-35H2/t46-,48-,49+,50-,51+/m1/s1. The van der Waals surface area contributed by atoms with Gasteiger partial charge in [0.15, 0.2) is 11.5 Å². The molecule has 6 aromatic carbocycles. The maximum Gasteiger partial charge on any atom is 0.161 e. The highest BCUT2D eigenvalue weighted by Gasteiger charge is 2.49. The van der Waals surface area contributed by atoms with Crippen molar-refractivity contribution in [2.24, 2.45) is 0 Å². The van der Waals surface area contributed by atoms with Crippen molar-refractivity contribution < 1.29 is 33.2 Å². The third-order valence-corrected chi connectivity index (χ3v) is 12.7. The van der Waals surface area contributed by atoms with Gasteiger partial charge in [0.25, 0.3) is 0 Å². The van der Waals surface area contributed by atoms with Crippen molar-refractivity contribution in [3.05, 3.63) is 196 Å². The Morgan fingerprint density at radius 1 is 0.492 bits per heavy atom. The summed E-state index contributed by atoms with van der Waals surface area (Å²) < 4.78 is 46.0. The topological polar surface area (TPSA) is 64.6 Å². The molecule has 7 nitrogen and oxygen atoms in total. The van der Waals surface area contributed by atoms with E-state index in [9.17, 15) is 0 Å². The van der Waals surface area contributed by atoms with Crippen molar-refractivity contribution in [2.45, 2.75) is 68.1 Å². The quantitative estimate of drug-likeness (QED) is 0.0959. The predicted molar refractivity (Wildman–Crippen MR) is 231 cm³/mol. The minimum atomic E-state index is -0.426. The van der Waals surface area contributed by atoms with E-state index < -0.39 is 6.10 Å². The highest BCUT2D eigenvalue weighted by atomic mass is 32.2. The van der Waals surface area contributed by atoms with Crippen LogP contribution in [0, 0.1) is 0 Å². The van der Waals surface area contributed by atoms with Gasteiger partial charge in [-0.05, 0) is 56.6 Å². The van der Waals surface area contributed by atoms with Gasteiger partial charge in [-0.2, -0.15) is 0 Å². The van der Waals surface area contributed by atoms with Gasteiger partial charge in [-0.3, -0.25) is 0 Å². The van der Waals surface area contributed by atoms with Gasteiger partial charge in [-0.15, -0.1) is 11.8 Å². The van der Waals surface area contributed by atoms with Gasteiger partial charge in [0.2, 0.25) is 0 Å². The summed E-state index contributed by atoms with van der Waals surface area (Å²) in [6, 6.07) is 52.4. The molecule has 0 aliphatic carbocycles. The molecule has 0 amide bonds. The highest BCUT2D eigenvalue weighted by Crippen LogP contribution is 2.49. The zero-order valence-electron chi connectivity index (χ0n) is 33.2. The molecule has 1 saturated heterocycles. The molecule has 6 aromatic rings. The molecule has 3 heterocycles. The smallest absolute Gasteiger partial charge is 0.161 e. The second kappa shape index (κ2) is 19.3. The first-order valence-electron chi connectivity index (χ1n) is 20.6. The molecule has 5 atom stereocenters. The Morgan fingerprint density at radius 3 is 1.68 bits per heavy atom. The van der Waals surface area contributed by atoms with Crippen LogP contribution in [-0.2, 0) is 58.2 Å². The number of hydrogen-bond donors (Lipinski definition) is 0. The lowest BCUT2D eigenvalue weighted by Gasteiger charge is -2.46. The van der Waals surface area contributed by atoms with Crippen LogP contribution in [0.2, 0.25) is 0 Å². The Kier molecular flexibility index (Phi) is 12.9. The van der Waals surface area contributed by atoms with Crippen LogP contribution in [0.25, 0.3) is 0 Å². The van der Waals surface area contributed by atoms with Crippen molar-refractivity contribution in [3.63, 3.8) is 0 Å². The van der Waals surface area contributed by atoms with Gasteiger partial charge in [0, 0.05) is 12.8 Å². The molecule has 0 N–H and O–H groups in total. The zero-order valence-corrected chi connectivity index (χ0v) is 34.0. The zero-order chi connectivity index (χ0) is 39.6. The van der Waals surface area contributed by atoms with Gasteiger partial charge in [-0.1, -0.05) is 140 Å². The molecule has 302 valence electrons. The van der Waals surface area contributed by atoms with Crippen molar-refractivity contribution >= 4 is 11.8 Å². The van der Waals surface area contributed by atoms with Gasteiger partial charge >= 0.3 is 0 Å². The van der Waals surface area contributed by atoms with E-state index in [1.165, 1.54) is 11.1 Å². The summed E-state index contributed by atoms with van der Waals surface area (Å²) in [5, 5.41) is -0.179. The molecule has 1 fully saturated rings. The first kappa shape index (κ1) is 39.4. The fraction of sp³-hybridized carbons (Fsp3) is 0.294. The van der Waals surface area contributed by atoms with Crippen LogP contribution in [0.3, 0.4) is 0 Å². The summed E-state index contributed by atoms with van der Waals surface area (Å²) in [4.78, 5) is 0. The molecular formula is C51H50O7S. The van der Waals surface area contributed by atoms with E-state index >= 15 is 0 Å². The molecule has 0 radical (unpaired) electrons. The van der Waals surface area contributed by atoms with E-state index in [1.54, 1.807) is 0 Å². The van der Waals surface area contributed by atoms with Crippen molar-refractivity contribution in [2.75, 3.05) is 26.4 Å². The summed E-state index contributed by atoms with van der Waals surface area (Å²) in [6.45, 7) is 4.06. The lowest BCUT2D eigenvalue weighted by Crippen LogP contribution is -2.54. The predicted octanol–water partition coefficient (Wildman–Crippen LogP) is 10.1. The van der Waals surface area contributed by atoms with E-state index in [0.29, 0.717) is 59.3 Å². The molecule has 0 aromatic heterocycles. The van der Waals surface area contributed by atoms with Gasteiger partial charge < -0.3 is 33.2 Å². The average molecular weight is 807 g/mol. The van der Waals surface area contributed by atoms with Crippen LogP contribution < -0.4 is 14.2 Å². The highest BCUT2D eigenvalue weighted by molar-refractivity contribution is 8.00. The van der Waals surface area contributed by atoms with Crippen molar-refractivity contribution in [3.8, 4) is 17.2 Å². The van der Waals surface area contributed by atoms with Gasteiger partial charge in [0.1, 0.15) is 37.3 Å². The summed E-state index contributed by atoms with van der Waals surface area (Å²) in [7, 11) is 0. The largest absolute Gasteiger partial charge is 0.493 e. The molecule has 0 saturated carbocycles. The second-order valence-corrected chi connectivity index (χ2v) is 16.7. The Bertz CT molecular complexity index is 2240. The molecule has 9 rings (SSSR count). The Hall–Kier alpha value is -5.09. The van der Waals surface area contributed by atoms with Crippen LogP contribution in [0.5, 0.6) is 17.2 Å². The average Bonchev–Trinajstić information content (AvgIpc) is 3.78. The maximum absolute atomic E-state index is 7.15. The molecule has 8 heteroatoms. The Morgan fingerprint density at radius 2 is 1.05 bits per heavy atom. The number of ether oxygens (including phenoxy) is 7. The fourth-order valence-corrected chi connectivity index (χ4v) is 9.81. The number of thioether (sulfide) groups is 1. The molecule has 0 spiro atoms. The van der Waals surface area contributed by atoms with E-state index in [0.717, 1.165) is 57.1 Å². The van der Waals surface area contributed by atoms with Crippen LogP contribution >= 0.6 is 11.8 Å². The molecular weight excluding hydrogens is 757 g/mol. The molecule has 0 bridgehead atoms. The molecule has 3 aliphatic rings. The summed E-state index contributed by atoms with van der Waals surface area (Å²) in [5.74, 6) is 2.56. The van der Waals surface area contributed by atoms with Gasteiger partial charge in [0.05, 0.1) is 50.1 Å². The van der Waals surface area contributed by atoms with Gasteiger partial charge in [-0.25, -0.2) is 0 Å². The maximum atomic E-state index is 7.15. The third kappa shape index (κ3) is 9.86. The normalized spacial score (nSPS) is 20.8. The Labute approximate surface area is 351 Å². The summed E-state index contributed by atoms with van der Waals surface area (Å²) >= 11 is 1.88. The monoisotopic (exact) mass is 806 g/mol. The lowest BCUT2D eigenvalue weighted by atomic mass is 9.91. The summed E-state index contributed by atoms with van der Waals surface area (Å²) in [5.41, 5.74) is 9.14. The van der Waals surface area contributed by atoms with Crippen LogP contribution in [0.15, 0.2) is 152 Å². The molecule has 0 unspecified atom stereocenters. The number of rotatable bonds is 16. The van der Waals surface area contributed by atoms with E-state index in [-0.39, 0.29) is 22.7 Å². The van der Waals surface area contributed by atoms with E-state index in [1.807, 2.05) is 42.1 Å². The van der Waals surface area contributed by atoms with Crippen LogP contribution in [0.4, 0.5) is 0 Å². The number of hydrogen-bond acceptors (Lipinski definition) is 8. The van der Waals surface area contributed by atoms with E-state index in [4.69, 9.17) is 33.2 Å². The molecule has 59 heavy (non-hydrogen) atoms. The third-order valence-electron chi connectivity index (χ3n) is 11.1. The fourth-order valence-electron chi connectivity index (χ4n) is 8.19. The first-order valence-corrected chi connectivity index (χ1v) is 21.6. The summed E-state index contributed by atoms with van der Waals surface area (Å²) in [6.07, 6.45) is 0.416. The first-order chi connectivity index (χ1) is 29.2. The second-order valence-electron chi connectivity index (χ2n) is 15.3. The van der Waals surface area contributed by atoms with Crippen molar-refractivity contribution in [1.82, 2.24) is 0 Å².